The number of carbonyl (C=O) groups excluding carboxylic acids is 1. The van der Waals surface area contributed by atoms with Crippen molar-refractivity contribution in [3.05, 3.63) is 48.4 Å². The molecule has 31 heavy (non-hydrogen) atoms. The zero-order chi connectivity index (χ0) is 21.8. The number of anilines is 2. The molecule has 7 nitrogen and oxygen atoms in total. The Labute approximate surface area is 186 Å². The van der Waals surface area contributed by atoms with Crippen molar-refractivity contribution in [2.24, 2.45) is 0 Å². The normalized spacial score (nSPS) is 22.6. The van der Waals surface area contributed by atoms with Gasteiger partial charge in [-0.2, -0.15) is 0 Å². The second-order valence-corrected chi connectivity index (χ2v) is 8.50. The van der Waals surface area contributed by atoms with Gasteiger partial charge in [0, 0.05) is 43.3 Å². The Kier molecular flexibility index (Phi) is 6.62. The zero-order valence-corrected chi connectivity index (χ0v) is 18.0. The molecule has 2 fully saturated rings. The molecule has 9 heteroatoms. The van der Waals surface area contributed by atoms with Gasteiger partial charge in [-0.15, -0.1) is 0 Å². The lowest BCUT2D eigenvalue weighted by molar-refractivity contribution is 0.0909. The van der Waals surface area contributed by atoms with Crippen LogP contribution in [0.2, 0.25) is 0 Å². The number of nitrogens with one attached hydrogen (secondary N) is 2. The maximum atomic E-state index is 12.7. The van der Waals surface area contributed by atoms with E-state index in [0.29, 0.717) is 30.4 Å². The van der Waals surface area contributed by atoms with Gasteiger partial charge in [0.25, 0.3) is 5.91 Å². The first-order chi connectivity index (χ1) is 14.9. The van der Waals surface area contributed by atoms with Gasteiger partial charge in [0.2, 0.25) is 0 Å². The lowest BCUT2D eigenvalue weighted by atomic mass is 9.58. The minimum absolute atomic E-state index is 0.164. The second kappa shape index (κ2) is 9.40. The predicted octanol–water partition coefficient (Wildman–Crippen LogP) is 1.37. The number of rotatable bonds is 4. The Balaban J connectivity index is 1.50. The number of pyridine rings is 2. The van der Waals surface area contributed by atoms with Gasteiger partial charge in [0.1, 0.15) is 11.5 Å². The van der Waals surface area contributed by atoms with Gasteiger partial charge in [-0.3, -0.25) is 9.78 Å². The SMILES string of the molecule is [B]C1([B])CCN(c2cccc(C(=O)Nc3ccncc3)n2)CC(C)N1C1CCNCC1. The predicted molar refractivity (Wildman–Crippen MR) is 125 cm³/mol. The van der Waals surface area contributed by atoms with Gasteiger partial charge in [-0.1, -0.05) is 11.4 Å². The van der Waals surface area contributed by atoms with Gasteiger partial charge in [0.15, 0.2) is 0 Å². The van der Waals surface area contributed by atoms with E-state index in [1.165, 1.54) is 0 Å². The minimum atomic E-state index is -0.869. The smallest absolute Gasteiger partial charge is 0.274 e. The van der Waals surface area contributed by atoms with Gasteiger partial charge >= 0.3 is 0 Å². The molecule has 2 saturated heterocycles. The van der Waals surface area contributed by atoms with Crippen molar-refractivity contribution in [1.82, 2.24) is 20.2 Å². The third kappa shape index (κ3) is 5.10. The van der Waals surface area contributed by atoms with Crippen LogP contribution in [0.3, 0.4) is 0 Å². The maximum Gasteiger partial charge on any atom is 0.274 e. The molecule has 0 spiro atoms. The van der Waals surface area contributed by atoms with Crippen LogP contribution in [0.25, 0.3) is 0 Å². The van der Waals surface area contributed by atoms with E-state index in [4.69, 9.17) is 15.7 Å². The minimum Gasteiger partial charge on any atom is -0.355 e. The number of piperidine rings is 1. The topological polar surface area (TPSA) is 73.4 Å². The van der Waals surface area contributed by atoms with E-state index in [1.54, 1.807) is 30.6 Å². The summed E-state index contributed by atoms with van der Waals surface area (Å²) in [6, 6.07) is 9.55. The van der Waals surface area contributed by atoms with Crippen molar-refractivity contribution in [3.63, 3.8) is 0 Å². The summed E-state index contributed by atoms with van der Waals surface area (Å²) in [5.74, 6) is 0.511. The van der Waals surface area contributed by atoms with Gasteiger partial charge in [-0.05, 0) is 63.5 Å². The van der Waals surface area contributed by atoms with Crippen molar-refractivity contribution >= 4 is 33.1 Å². The fourth-order valence-electron chi connectivity index (χ4n) is 4.70. The van der Waals surface area contributed by atoms with Crippen LogP contribution in [-0.4, -0.2) is 80.1 Å². The average molecular weight is 414 g/mol. The Morgan fingerprint density at radius 3 is 2.68 bits per heavy atom. The molecule has 2 N–H and O–H groups in total. The van der Waals surface area contributed by atoms with Gasteiger partial charge in [-0.25, -0.2) is 4.98 Å². The lowest BCUT2D eigenvalue weighted by Gasteiger charge is -2.48. The standard InChI is InChI=1S/C22H28B2N6O/c1-16-15-29(14-9-22(23,24)30(16)18-7-12-26-13-8-18)20-4-2-3-19(28-20)21(31)27-17-5-10-25-11-6-17/h2-6,10-11,16,18,26H,7-9,12-15H2,1H3,(H,25,27,31). The molecular weight excluding hydrogens is 386 g/mol. The molecule has 4 radical (unpaired) electrons. The number of hydrogen-bond acceptors (Lipinski definition) is 6. The molecule has 4 rings (SSSR count). The largest absolute Gasteiger partial charge is 0.355 e. The van der Waals surface area contributed by atoms with Gasteiger partial charge < -0.3 is 20.4 Å². The molecule has 1 unspecified atom stereocenters. The first-order valence-electron chi connectivity index (χ1n) is 10.9. The summed E-state index contributed by atoms with van der Waals surface area (Å²) >= 11 is 0. The van der Waals surface area contributed by atoms with Crippen LogP contribution in [0.4, 0.5) is 11.5 Å². The third-order valence-electron chi connectivity index (χ3n) is 6.15. The molecular formula is C22H28B2N6O. The van der Waals surface area contributed by atoms with E-state index in [0.717, 1.165) is 38.3 Å². The zero-order valence-electron chi connectivity index (χ0n) is 18.0. The van der Waals surface area contributed by atoms with Crippen LogP contribution < -0.4 is 15.5 Å². The third-order valence-corrected chi connectivity index (χ3v) is 6.15. The van der Waals surface area contributed by atoms with Crippen LogP contribution in [0, 0.1) is 0 Å². The molecule has 0 aromatic carbocycles. The number of aromatic nitrogens is 2. The summed E-state index contributed by atoms with van der Waals surface area (Å²) in [7, 11) is 13.2. The first kappa shape index (κ1) is 21.8. The monoisotopic (exact) mass is 414 g/mol. The summed E-state index contributed by atoms with van der Waals surface area (Å²) in [6.45, 7) is 5.59. The highest BCUT2D eigenvalue weighted by Gasteiger charge is 2.38. The molecule has 0 bridgehead atoms. The van der Waals surface area contributed by atoms with E-state index in [2.05, 4.69) is 37.3 Å². The van der Waals surface area contributed by atoms with E-state index in [-0.39, 0.29) is 11.9 Å². The Morgan fingerprint density at radius 1 is 1.19 bits per heavy atom. The highest BCUT2D eigenvalue weighted by atomic mass is 16.1. The summed E-state index contributed by atoms with van der Waals surface area (Å²) in [6.07, 6.45) is 5.99. The van der Waals surface area contributed by atoms with Crippen LogP contribution >= 0.6 is 0 Å². The van der Waals surface area contributed by atoms with E-state index < -0.39 is 5.34 Å². The molecule has 158 valence electrons. The number of carbonyl (C=O) groups is 1. The highest BCUT2D eigenvalue weighted by Crippen LogP contribution is 2.29. The van der Waals surface area contributed by atoms with Crippen molar-refractivity contribution in [3.8, 4) is 0 Å². The molecule has 2 aromatic heterocycles. The van der Waals surface area contributed by atoms with Crippen LogP contribution in [-0.2, 0) is 0 Å². The average Bonchev–Trinajstić information content (AvgIpc) is 2.90. The van der Waals surface area contributed by atoms with Crippen molar-refractivity contribution in [2.45, 2.75) is 43.6 Å². The quantitative estimate of drug-likeness (QED) is 0.737. The van der Waals surface area contributed by atoms with E-state index >= 15 is 0 Å². The van der Waals surface area contributed by atoms with E-state index in [9.17, 15) is 4.79 Å². The fraction of sp³-hybridized carbons (Fsp3) is 0.500. The molecule has 1 amide bonds. The van der Waals surface area contributed by atoms with Gasteiger partial charge in [0.05, 0.1) is 15.7 Å². The fourth-order valence-corrected chi connectivity index (χ4v) is 4.70. The van der Waals surface area contributed by atoms with Crippen molar-refractivity contribution in [2.75, 3.05) is 36.4 Å². The number of hydrogen-bond donors (Lipinski definition) is 2. The van der Waals surface area contributed by atoms with E-state index in [1.807, 2.05) is 12.1 Å². The first-order valence-corrected chi connectivity index (χ1v) is 10.9. The lowest BCUT2D eigenvalue weighted by Crippen LogP contribution is -2.60. The van der Waals surface area contributed by atoms with Crippen LogP contribution in [0.1, 0.15) is 36.7 Å². The second-order valence-electron chi connectivity index (χ2n) is 8.50. The van der Waals surface area contributed by atoms with Crippen molar-refractivity contribution in [1.29, 1.82) is 0 Å². The summed E-state index contributed by atoms with van der Waals surface area (Å²) < 4.78 is 0. The molecule has 2 aromatic rings. The molecule has 1 atom stereocenters. The number of nitrogens with zero attached hydrogens (tertiary/aromatic N) is 4. The van der Waals surface area contributed by atoms with Crippen LogP contribution in [0.5, 0.6) is 0 Å². The summed E-state index contributed by atoms with van der Waals surface area (Å²) in [5.41, 5.74) is 1.05. The Hall–Kier alpha value is -2.38. The Morgan fingerprint density at radius 2 is 1.94 bits per heavy atom. The maximum absolute atomic E-state index is 12.7. The summed E-state index contributed by atoms with van der Waals surface area (Å²) in [5, 5.41) is 5.40. The molecule has 0 saturated carbocycles. The Bertz CT molecular complexity index is 891. The van der Waals surface area contributed by atoms with Crippen LogP contribution in [0.15, 0.2) is 42.7 Å². The highest BCUT2D eigenvalue weighted by molar-refractivity contribution is 6.40. The number of amides is 1. The molecule has 0 aliphatic carbocycles. The molecule has 2 aliphatic heterocycles. The molecule has 2 aliphatic rings. The van der Waals surface area contributed by atoms with Crippen molar-refractivity contribution < 1.29 is 4.79 Å². The summed E-state index contributed by atoms with van der Waals surface area (Å²) in [4.78, 5) is 25.8. The molecule has 4 heterocycles.